The Labute approximate surface area is 169 Å². The molecule has 1 aliphatic rings. The predicted molar refractivity (Wildman–Crippen MR) is 108 cm³/mol. The molecule has 4 rings (SSSR count). The Morgan fingerprint density at radius 3 is 2.38 bits per heavy atom. The molecule has 1 aromatic heterocycles. The number of carboxylic acid groups (broad SMARTS) is 1. The van der Waals surface area contributed by atoms with E-state index >= 15 is 0 Å². The molecule has 0 bridgehead atoms. The molecule has 150 valence electrons. The van der Waals surface area contributed by atoms with E-state index in [1.165, 1.54) is 0 Å². The minimum absolute atomic E-state index is 0.511. The fourth-order valence-electron chi connectivity index (χ4n) is 4.04. The Morgan fingerprint density at radius 2 is 1.76 bits per heavy atom. The van der Waals surface area contributed by atoms with Crippen molar-refractivity contribution >= 4 is 5.97 Å². The largest absolute Gasteiger partial charge is 0.497 e. The standard InChI is InChI=1S/C22H24N4O3/c1-29-19-11-5-16(6-12-19)15-26-24-20(23-25-26)17-7-9-18(10-8-17)22(21(27)28)13-3-2-4-14-22/h5-12H,2-4,13-15H2,1H3,(H,27,28). The van der Waals surface area contributed by atoms with Crippen molar-refractivity contribution in [1.82, 2.24) is 20.2 Å². The van der Waals surface area contributed by atoms with Crippen molar-refractivity contribution in [3.8, 4) is 17.1 Å². The third kappa shape index (κ3) is 3.85. The first kappa shape index (κ1) is 19.1. The van der Waals surface area contributed by atoms with E-state index in [0.717, 1.165) is 41.7 Å². The summed E-state index contributed by atoms with van der Waals surface area (Å²) in [6.07, 6.45) is 4.40. The third-order valence-corrected chi connectivity index (χ3v) is 5.75. The molecule has 1 fully saturated rings. The van der Waals surface area contributed by atoms with Crippen LogP contribution in [0.25, 0.3) is 11.4 Å². The van der Waals surface area contributed by atoms with Gasteiger partial charge in [-0.15, -0.1) is 10.2 Å². The van der Waals surface area contributed by atoms with Gasteiger partial charge in [-0.25, -0.2) is 0 Å². The number of benzene rings is 2. The van der Waals surface area contributed by atoms with Crippen LogP contribution in [0.2, 0.25) is 0 Å². The first-order valence-electron chi connectivity index (χ1n) is 9.86. The SMILES string of the molecule is COc1ccc(Cn2nnc(-c3ccc(C4(C(=O)O)CCCCC4)cc3)n2)cc1. The Balaban J connectivity index is 1.51. The Morgan fingerprint density at radius 1 is 1.07 bits per heavy atom. The Kier molecular flexibility index (Phi) is 5.29. The molecule has 1 N–H and O–H groups in total. The van der Waals surface area contributed by atoms with Crippen LogP contribution in [-0.2, 0) is 16.8 Å². The van der Waals surface area contributed by atoms with Crippen LogP contribution in [0.5, 0.6) is 5.75 Å². The Bertz CT molecular complexity index is 974. The number of carboxylic acids is 1. The van der Waals surface area contributed by atoms with Crippen LogP contribution < -0.4 is 4.74 Å². The number of methoxy groups -OCH3 is 1. The number of tetrazole rings is 1. The second-order valence-corrected chi connectivity index (χ2v) is 7.52. The molecule has 1 saturated carbocycles. The van der Waals surface area contributed by atoms with Crippen molar-refractivity contribution in [1.29, 1.82) is 0 Å². The van der Waals surface area contributed by atoms with E-state index in [9.17, 15) is 9.90 Å². The molecule has 29 heavy (non-hydrogen) atoms. The third-order valence-electron chi connectivity index (χ3n) is 5.75. The summed E-state index contributed by atoms with van der Waals surface area (Å²) < 4.78 is 5.17. The van der Waals surface area contributed by atoms with Gasteiger partial charge in [0, 0.05) is 5.56 Å². The van der Waals surface area contributed by atoms with Crippen molar-refractivity contribution in [3.63, 3.8) is 0 Å². The molecule has 1 aliphatic carbocycles. The lowest BCUT2D eigenvalue weighted by atomic mass is 9.69. The number of aromatic nitrogens is 4. The van der Waals surface area contributed by atoms with E-state index < -0.39 is 11.4 Å². The zero-order chi connectivity index (χ0) is 20.3. The van der Waals surface area contributed by atoms with Gasteiger partial charge in [-0.1, -0.05) is 55.7 Å². The van der Waals surface area contributed by atoms with Gasteiger partial charge in [-0.05, 0) is 41.3 Å². The molecule has 1 heterocycles. The lowest BCUT2D eigenvalue weighted by molar-refractivity contribution is -0.145. The molecular formula is C22H24N4O3. The quantitative estimate of drug-likeness (QED) is 0.688. The van der Waals surface area contributed by atoms with Crippen molar-refractivity contribution < 1.29 is 14.6 Å². The van der Waals surface area contributed by atoms with E-state index in [-0.39, 0.29) is 0 Å². The average molecular weight is 392 g/mol. The zero-order valence-electron chi connectivity index (χ0n) is 16.4. The summed E-state index contributed by atoms with van der Waals surface area (Å²) in [7, 11) is 1.64. The number of hydrogen-bond acceptors (Lipinski definition) is 5. The van der Waals surface area contributed by atoms with Crippen molar-refractivity contribution in [2.24, 2.45) is 0 Å². The van der Waals surface area contributed by atoms with Crippen molar-refractivity contribution in [3.05, 3.63) is 59.7 Å². The molecule has 0 atom stereocenters. The molecule has 0 saturated heterocycles. The molecular weight excluding hydrogens is 368 g/mol. The maximum Gasteiger partial charge on any atom is 0.314 e. The number of carbonyl (C=O) groups is 1. The Hall–Kier alpha value is -3.22. The van der Waals surface area contributed by atoms with Crippen LogP contribution >= 0.6 is 0 Å². The second kappa shape index (κ2) is 8.03. The molecule has 0 spiro atoms. The highest BCUT2D eigenvalue weighted by atomic mass is 16.5. The number of hydrogen-bond donors (Lipinski definition) is 1. The molecule has 0 radical (unpaired) electrons. The van der Waals surface area contributed by atoms with Gasteiger partial charge in [0.05, 0.1) is 19.1 Å². The van der Waals surface area contributed by atoms with Crippen LogP contribution in [0.3, 0.4) is 0 Å². The normalized spacial score (nSPS) is 15.8. The molecule has 7 heteroatoms. The van der Waals surface area contributed by atoms with Gasteiger partial charge in [0.25, 0.3) is 0 Å². The number of rotatable bonds is 6. The van der Waals surface area contributed by atoms with Crippen LogP contribution in [-0.4, -0.2) is 38.4 Å². The summed E-state index contributed by atoms with van der Waals surface area (Å²) >= 11 is 0. The summed E-state index contributed by atoms with van der Waals surface area (Å²) in [5.41, 5.74) is 1.96. The second-order valence-electron chi connectivity index (χ2n) is 7.52. The highest BCUT2D eigenvalue weighted by Crippen LogP contribution is 2.40. The van der Waals surface area contributed by atoms with Crippen LogP contribution in [0, 0.1) is 0 Å². The summed E-state index contributed by atoms with van der Waals surface area (Å²) in [5.74, 6) is 0.602. The summed E-state index contributed by atoms with van der Waals surface area (Å²) in [6.45, 7) is 0.511. The molecule has 0 aliphatic heterocycles. The van der Waals surface area contributed by atoms with Gasteiger partial charge < -0.3 is 9.84 Å². The van der Waals surface area contributed by atoms with Crippen LogP contribution in [0.4, 0.5) is 0 Å². The van der Waals surface area contributed by atoms with Crippen molar-refractivity contribution in [2.75, 3.05) is 7.11 Å². The number of aliphatic carboxylic acids is 1. The highest BCUT2D eigenvalue weighted by molar-refractivity contribution is 5.81. The van der Waals surface area contributed by atoms with Gasteiger partial charge in [0.15, 0.2) is 0 Å². The van der Waals surface area contributed by atoms with Gasteiger partial charge in [0.1, 0.15) is 5.75 Å². The topological polar surface area (TPSA) is 90.1 Å². The first-order chi connectivity index (χ1) is 14.1. The molecule has 2 aromatic carbocycles. The van der Waals surface area contributed by atoms with Crippen LogP contribution in [0.15, 0.2) is 48.5 Å². The number of nitrogens with zero attached hydrogens (tertiary/aromatic N) is 4. The highest BCUT2D eigenvalue weighted by Gasteiger charge is 2.41. The van der Waals surface area contributed by atoms with E-state index in [2.05, 4.69) is 15.4 Å². The van der Waals surface area contributed by atoms with E-state index in [1.807, 2.05) is 48.5 Å². The van der Waals surface area contributed by atoms with E-state index in [1.54, 1.807) is 11.9 Å². The fourth-order valence-corrected chi connectivity index (χ4v) is 4.04. The van der Waals surface area contributed by atoms with Gasteiger partial charge in [-0.3, -0.25) is 4.79 Å². The summed E-state index contributed by atoms with van der Waals surface area (Å²) in [5, 5.41) is 22.6. The number of ether oxygens (including phenoxy) is 1. The van der Waals surface area contributed by atoms with Crippen molar-refractivity contribution in [2.45, 2.75) is 44.1 Å². The minimum atomic E-state index is -0.768. The molecule has 0 unspecified atom stereocenters. The minimum Gasteiger partial charge on any atom is -0.497 e. The predicted octanol–water partition coefficient (Wildman–Crippen LogP) is 3.68. The monoisotopic (exact) mass is 392 g/mol. The van der Waals surface area contributed by atoms with Gasteiger partial charge >= 0.3 is 5.97 Å². The average Bonchev–Trinajstić information content (AvgIpc) is 3.23. The summed E-state index contributed by atoms with van der Waals surface area (Å²) in [4.78, 5) is 13.5. The smallest absolute Gasteiger partial charge is 0.314 e. The maximum atomic E-state index is 12.0. The molecule has 0 amide bonds. The lowest BCUT2D eigenvalue weighted by Gasteiger charge is -2.33. The maximum absolute atomic E-state index is 12.0. The molecule has 7 nitrogen and oxygen atoms in total. The van der Waals surface area contributed by atoms with E-state index in [4.69, 9.17) is 4.74 Å². The van der Waals surface area contributed by atoms with E-state index in [0.29, 0.717) is 25.2 Å². The summed E-state index contributed by atoms with van der Waals surface area (Å²) in [6, 6.07) is 15.3. The first-order valence-corrected chi connectivity index (χ1v) is 9.86. The fraction of sp³-hybridized carbons (Fsp3) is 0.364. The zero-order valence-corrected chi connectivity index (χ0v) is 16.4. The lowest BCUT2D eigenvalue weighted by Crippen LogP contribution is -2.37. The molecule has 3 aromatic rings. The van der Waals surface area contributed by atoms with Gasteiger partial charge in [-0.2, -0.15) is 4.80 Å². The van der Waals surface area contributed by atoms with Crippen LogP contribution in [0.1, 0.15) is 43.2 Å². The van der Waals surface area contributed by atoms with Gasteiger partial charge in [0.2, 0.25) is 5.82 Å².